The van der Waals surface area contributed by atoms with Crippen molar-refractivity contribution in [2.75, 3.05) is 31.6 Å². The monoisotopic (exact) mass is 535 g/mol. The fourth-order valence-corrected chi connectivity index (χ4v) is 5.20. The second-order valence-corrected chi connectivity index (χ2v) is 10.2. The number of pyridine rings is 1. The smallest absolute Gasteiger partial charge is 0.359 e. The van der Waals surface area contributed by atoms with E-state index in [0.717, 1.165) is 6.20 Å². The molecule has 0 saturated carbocycles. The molecule has 1 atom stereocenters. The molecule has 33 heavy (non-hydrogen) atoms. The van der Waals surface area contributed by atoms with E-state index in [1.165, 1.54) is 17.3 Å². The van der Waals surface area contributed by atoms with E-state index >= 15 is 0 Å². The lowest BCUT2D eigenvalue weighted by atomic mass is 10.2. The highest BCUT2D eigenvalue weighted by molar-refractivity contribution is 7.89. The number of carbonyl (C=O) groups excluding carboxylic acids is 2. The van der Waals surface area contributed by atoms with Gasteiger partial charge in [-0.3, -0.25) is 4.79 Å². The van der Waals surface area contributed by atoms with Crippen LogP contribution in [0.2, 0.25) is 15.1 Å². The van der Waals surface area contributed by atoms with E-state index in [9.17, 15) is 18.0 Å². The fraction of sp³-hybridized carbons (Fsp3) is 0.350. The number of morpholine rings is 1. The van der Waals surface area contributed by atoms with Crippen molar-refractivity contribution in [2.45, 2.75) is 24.8 Å². The summed E-state index contributed by atoms with van der Waals surface area (Å²) < 4.78 is 37.7. The molecule has 0 spiro atoms. The number of sulfonamides is 1. The number of aromatic nitrogens is 1. The number of amides is 1. The van der Waals surface area contributed by atoms with Gasteiger partial charge in [-0.1, -0.05) is 40.9 Å². The maximum Gasteiger partial charge on any atom is 0.359 e. The number of halogens is 3. The van der Waals surface area contributed by atoms with Crippen LogP contribution in [-0.2, 0) is 24.3 Å². The summed E-state index contributed by atoms with van der Waals surface area (Å²) in [6.45, 7) is 4.13. The minimum Gasteiger partial charge on any atom is -0.448 e. The average Bonchev–Trinajstić information content (AvgIpc) is 2.79. The summed E-state index contributed by atoms with van der Waals surface area (Å²) in [5.41, 5.74) is 0.463. The van der Waals surface area contributed by atoms with Crippen LogP contribution in [0.4, 0.5) is 5.69 Å². The number of esters is 1. The molecule has 1 aliphatic rings. The summed E-state index contributed by atoms with van der Waals surface area (Å²) in [7, 11) is -3.77. The van der Waals surface area contributed by atoms with E-state index in [2.05, 4.69) is 10.3 Å². The molecular weight excluding hydrogens is 517 g/mol. The first-order valence-electron chi connectivity index (χ1n) is 9.72. The highest BCUT2D eigenvalue weighted by atomic mass is 35.5. The first-order chi connectivity index (χ1) is 15.5. The van der Waals surface area contributed by atoms with Gasteiger partial charge < -0.3 is 14.8 Å². The Bertz CT molecular complexity index is 1190. The maximum atomic E-state index is 13.0. The Morgan fingerprint density at radius 1 is 1.18 bits per heavy atom. The van der Waals surface area contributed by atoms with E-state index in [1.807, 2.05) is 0 Å². The molecule has 9 nitrogen and oxygen atoms in total. The highest BCUT2D eigenvalue weighted by Gasteiger charge is 2.29. The third kappa shape index (κ3) is 5.76. The van der Waals surface area contributed by atoms with Crippen LogP contribution in [0.25, 0.3) is 0 Å². The van der Waals surface area contributed by atoms with Gasteiger partial charge in [0.2, 0.25) is 10.0 Å². The Morgan fingerprint density at radius 3 is 2.52 bits per heavy atom. The first kappa shape index (κ1) is 25.7. The Kier molecular flexibility index (Phi) is 8.20. The van der Waals surface area contributed by atoms with Crippen LogP contribution in [0.1, 0.15) is 23.0 Å². The Labute approximate surface area is 206 Å². The van der Waals surface area contributed by atoms with Crippen LogP contribution in [0.15, 0.2) is 29.3 Å². The first-order valence-corrected chi connectivity index (χ1v) is 12.3. The molecule has 1 aliphatic heterocycles. The standard InChI is InChI=1S/C20H20Cl3N3O6S/c1-11-3-4-13(9-15(11)33(29,30)26-5-7-31-8-6-26)25-19(27)12(2)32-20(28)18-17(23)16(22)14(21)10-24-18/h3-4,9-10,12H,5-8H2,1-2H3,(H,25,27). The second kappa shape index (κ2) is 10.5. The van der Waals surface area contributed by atoms with Gasteiger partial charge in [0.25, 0.3) is 5.91 Å². The summed E-state index contributed by atoms with van der Waals surface area (Å²) in [6.07, 6.45) is -0.106. The lowest BCUT2D eigenvalue weighted by molar-refractivity contribution is -0.123. The van der Waals surface area contributed by atoms with Crippen molar-refractivity contribution in [2.24, 2.45) is 0 Å². The van der Waals surface area contributed by atoms with Crippen molar-refractivity contribution >= 4 is 62.4 Å². The SMILES string of the molecule is Cc1ccc(NC(=O)C(C)OC(=O)c2ncc(Cl)c(Cl)c2Cl)cc1S(=O)(=O)N1CCOCC1. The molecule has 1 N–H and O–H groups in total. The van der Waals surface area contributed by atoms with E-state index < -0.39 is 28.0 Å². The number of nitrogens with one attached hydrogen (secondary N) is 1. The molecule has 178 valence electrons. The molecule has 1 unspecified atom stereocenters. The molecule has 1 aromatic heterocycles. The summed E-state index contributed by atoms with van der Waals surface area (Å²) in [4.78, 5) is 28.8. The van der Waals surface area contributed by atoms with Crippen molar-refractivity contribution in [3.8, 4) is 0 Å². The highest BCUT2D eigenvalue weighted by Crippen LogP contribution is 2.31. The zero-order chi connectivity index (χ0) is 24.3. The summed E-state index contributed by atoms with van der Waals surface area (Å²) in [5, 5.41) is 2.35. The lowest BCUT2D eigenvalue weighted by Crippen LogP contribution is -2.40. The molecule has 0 radical (unpaired) electrons. The zero-order valence-corrected chi connectivity index (χ0v) is 20.7. The molecule has 2 heterocycles. The number of ether oxygens (including phenoxy) is 2. The van der Waals surface area contributed by atoms with E-state index in [0.29, 0.717) is 18.8 Å². The van der Waals surface area contributed by atoms with Gasteiger partial charge in [0.05, 0.1) is 33.2 Å². The van der Waals surface area contributed by atoms with Crippen LogP contribution in [0.3, 0.4) is 0 Å². The lowest BCUT2D eigenvalue weighted by Gasteiger charge is -2.27. The quantitative estimate of drug-likeness (QED) is 0.561. The van der Waals surface area contributed by atoms with Crippen molar-refractivity contribution in [1.82, 2.24) is 9.29 Å². The summed E-state index contributed by atoms with van der Waals surface area (Å²) in [6, 6.07) is 4.50. The second-order valence-electron chi connectivity index (χ2n) is 7.12. The number of hydrogen-bond acceptors (Lipinski definition) is 7. The molecule has 1 amide bonds. The predicted octanol–water partition coefficient (Wildman–Crippen LogP) is 3.56. The number of benzene rings is 1. The van der Waals surface area contributed by atoms with Crippen molar-refractivity contribution in [3.63, 3.8) is 0 Å². The van der Waals surface area contributed by atoms with Gasteiger partial charge in [-0.15, -0.1) is 0 Å². The van der Waals surface area contributed by atoms with Gasteiger partial charge in [0, 0.05) is 25.0 Å². The largest absolute Gasteiger partial charge is 0.448 e. The minimum atomic E-state index is -3.77. The Hall–Kier alpha value is -1.95. The van der Waals surface area contributed by atoms with E-state index in [4.69, 9.17) is 44.3 Å². The van der Waals surface area contributed by atoms with Gasteiger partial charge in [0.1, 0.15) is 0 Å². The van der Waals surface area contributed by atoms with Gasteiger partial charge in [-0.2, -0.15) is 4.31 Å². The third-order valence-corrected chi connectivity index (χ3v) is 8.09. The average molecular weight is 537 g/mol. The zero-order valence-electron chi connectivity index (χ0n) is 17.6. The summed E-state index contributed by atoms with van der Waals surface area (Å²) in [5.74, 6) is -1.65. The van der Waals surface area contributed by atoms with Crippen LogP contribution >= 0.6 is 34.8 Å². The van der Waals surface area contributed by atoms with E-state index in [1.54, 1.807) is 19.1 Å². The van der Waals surface area contributed by atoms with Gasteiger partial charge in [0.15, 0.2) is 11.8 Å². The number of nitrogens with zero attached hydrogens (tertiary/aromatic N) is 2. The number of anilines is 1. The summed E-state index contributed by atoms with van der Waals surface area (Å²) >= 11 is 17.7. The van der Waals surface area contributed by atoms with Gasteiger partial charge in [-0.05, 0) is 31.5 Å². The topological polar surface area (TPSA) is 115 Å². The molecule has 1 aromatic carbocycles. The Balaban J connectivity index is 1.73. The number of rotatable bonds is 6. The predicted molar refractivity (Wildman–Crippen MR) is 124 cm³/mol. The number of carbonyl (C=O) groups is 2. The third-order valence-electron chi connectivity index (χ3n) is 4.81. The van der Waals surface area contributed by atoms with E-state index in [-0.39, 0.29) is 44.4 Å². The normalized spacial score (nSPS) is 15.7. The molecule has 0 bridgehead atoms. The van der Waals surface area contributed by atoms with Crippen molar-refractivity contribution < 1.29 is 27.5 Å². The van der Waals surface area contributed by atoms with Crippen LogP contribution < -0.4 is 5.32 Å². The molecule has 1 fully saturated rings. The van der Waals surface area contributed by atoms with Crippen molar-refractivity contribution in [3.05, 3.63) is 50.7 Å². The van der Waals surface area contributed by atoms with Crippen LogP contribution in [0.5, 0.6) is 0 Å². The van der Waals surface area contributed by atoms with Crippen LogP contribution in [0, 0.1) is 6.92 Å². The minimum absolute atomic E-state index is 0.0613. The van der Waals surface area contributed by atoms with Gasteiger partial charge in [-0.25, -0.2) is 18.2 Å². The maximum absolute atomic E-state index is 13.0. The molecule has 3 rings (SSSR count). The van der Waals surface area contributed by atoms with Crippen molar-refractivity contribution in [1.29, 1.82) is 0 Å². The number of hydrogen-bond donors (Lipinski definition) is 1. The molecule has 13 heteroatoms. The Morgan fingerprint density at radius 2 is 1.85 bits per heavy atom. The molecule has 1 saturated heterocycles. The van der Waals surface area contributed by atoms with Crippen LogP contribution in [-0.4, -0.2) is 62.0 Å². The fourth-order valence-electron chi connectivity index (χ4n) is 2.98. The number of aryl methyl sites for hydroxylation is 1. The molecule has 2 aromatic rings. The van der Waals surface area contributed by atoms with Gasteiger partial charge >= 0.3 is 5.97 Å². The molecule has 0 aliphatic carbocycles. The molecular formula is C20H20Cl3N3O6S.